The number of rotatable bonds is 9. The van der Waals surface area contributed by atoms with E-state index in [4.69, 9.17) is 58.8 Å². The third-order valence-corrected chi connectivity index (χ3v) is 19.1. The predicted molar refractivity (Wildman–Crippen MR) is 383 cm³/mol. The van der Waals surface area contributed by atoms with Gasteiger partial charge < -0.3 is 48.2 Å². The number of anilines is 2. The minimum Gasteiger partial charge on any atom is -0.443 e. The molecule has 3 aliphatic heterocycles. The van der Waals surface area contributed by atoms with Crippen LogP contribution in [0.4, 0.5) is 29.5 Å². The monoisotopic (exact) mass is 1540 g/mol. The summed E-state index contributed by atoms with van der Waals surface area (Å²) in [4.78, 5) is 37.8. The summed E-state index contributed by atoms with van der Waals surface area (Å²) < 4.78 is 106. The fourth-order valence-corrected chi connectivity index (χ4v) is 11.6. The Morgan fingerprint density at radius 3 is 1.30 bits per heavy atom. The molecule has 0 radical (unpaired) electrons. The molecule has 3 fully saturated rings. The molecule has 104 heavy (non-hydrogen) atoms. The zero-order valence-corrected chi connectivity index (χ0v) is 62.4. The summed E-state index contributed by atoms with van der Waals surface area (Å²) in [6.07, 6.45) is 5.39. The fraction of sp³-hybridized carbons (Fsp3) is 0.333. The highest BCUT2D eigenvalue weighted by atomic mass is 79.9. The van der Waals surface area contributed by atoms with Crippen molar-refractivity contribution in [2.24, 2.45) is 0 Å². The van der Waals surface area contributed by atoms with Gasteiger partial charge in [-0.1, -0.05) is 28.1 Å². The van der Waals surface area contributed by atoms with Crippen molar-refractivity contribution >= 4 is 81.7 Å². The van der Waals surface area contributed by atoms with Gasteiger partial charge in [0.15, 0.2) is 22.9 Å². The standard InChI is InChI=1S/C22H14F2N8O.C15H9BrF2N6O.C13H17BN2O2.C12H24B2O4.C7H5BrN2/c1-11-7-12(8-13(10-25)28-11)18-19(21-27-5-6-33-21)30-22(26)32-20(18)29-17(31-32)9-14-15(23)3-2-4-16(14)24;16-11-12(14-20-4-5-25-14)22-15(19)24-13(11)21-10(23-24)6-7-8(17)2-1-3-9(7)18;1-9-6-10(7-11(8-15)16-9)14-17-12(2,3)13(4,5)18-14;1-9(2)10(3,4)16-13(15-9)14-17-11(5,6)12(7,8)18-14;1-5-2-6(8)3-7(4-9)10-5/h2-8H,9H2,1H3,(H2,26,30);1-5H,6H2,(H2,19,22);6-7H,1-5H3;1-8H3;2-3H,1H3. The van der Waals surface area contributed by atoms with Gasteiger partial charge in [0.05, 0.1) is 56.0 Å². The van der Waals surface area contributed by atoms with Gasteiger partial charge in [-0.25, -0.2) is 62.4 Å². The highest BCUT2D eigenvalue weighted by molar-refractivity contribution is 9.11. The quantitative estimate of drug-likeness (QED) is 0.100. The Morgan fingerprint density at radius 1 is 0.481 bits per heavy atom. The molecule has 0 atom stereocenters. The summed E-state index contributed by atoms with van der Waals surface area (Å²) in [6, 6.07) is 23.8. The highest BCUT2D eigenvalue weighted by Gasteiger charge is 2.64. The summed E-state index contributed by atoms with van der Waals surface area (Å²) in [6.45, 7) is 29.7. The van der Waals surface area contributed by atoms with Crippen molar-refractivity contribution in [3.63, 3.8) is 0 Å². The zero-order chi connectivity index (χ0) is 75.8. The molecule has 0 unspecified atom stereocenters. The molecule has 0 spiro atoms. The molecule has 0 aliphatic carbocycles. The lowest BCUT2D eigenvalue weighted by atomic mass is 9.49. The van der Waals surface area contributed by atoms with E-state index in [1.807, 2.05) is 121 Å². The molecule has 0 saturated carbocycles. The third kappa shape index (κ3) is 16.5. The number of halogens is 6. The summed E-state index contributed by atoms with van der Waals surface area (Å²) in [5.74, 6) is -1.96. The summed E-state index contributed by atoms with van der Waals surface area (Å²) >= 11 is 6.64. The normalized spacial score (nSPS) is 16.2. The molecule has 0 amide bonds. The van der Waals surface area contributed by atoms with Crippen LogP contribution in [0.25, 0.3) is 45.6 Å². The van der Waals surface area contributed by atoms with Crippen molar-refractivity contribution in [1.82, 2.24) is 64.1 Å². The van der Waals surface area contributed by atoms with E-state index in [9.17, 15) is 22.8 Å². The van der Waals surface area contributed by atoms with Gasteiger partial charge in [-0.05, 0) is 191 Å². The molecule has 11 aromatic rings. The average Bonchev–Trinajstić information content (AvgIpc) is 1.58. The van der Waals surface area contributed by atoms with E-state index in [1.54, 1.807) is 31.2 Å². The predicted octanol–water partition coefficient (Wildman–Crippen LogP) is 12.3. The number of hydrogen-bond donors (Lipinski definition) is 2. The van der Waals surface area contributed by atoms with E-state index >= 15 is 0 Å². The van der Waals surface area contributed by atoms with E-state index < -0.39 is 44.4 Å². The molecule has 9 aromatic heterocycles. The third-order valence-electron chi connectivity index (χ3n) is 17.9. The maximum atomic E-state index is 14.2. The molecule has 3 aliphatic rings. The SMILES string of the molecule is CC1(C)OB(B2OC(C)(C)C(C)(C)O2)OC1(C)C.Cc1cc(-c2c(-c3ncco3)nc(N)n3nc(Cc4c(F)cccc4F)nc23)cc(C#N)n1.Cc1cc(B2OC(C)(C)C(C)(C)O2)cc(C#N)n1.Cc1cc(Br)cc(C#N)n1.Nc1nc(-c2ncco2)c(Br)c2nc(Cc3c(F)cccc3F)nn12. The first-order valence-electron chi connectivity index (χ1n) is 32.1. The molecule has 534 valence electrons. The van der Waals surface area contributed by atoms with Gasteiger partial charge in [0.1, 0.15) is 82.5 Å². The van der Waals surface area contributed by atoms with Crippen molar-refractivity contribution in [3.05, 3.63) is 187 Å². The lowest BCUT2D eigenvalue weighted by molar-refractivity contribution is 0.00578. The first-order valence-corrected chi connectivity index (χ1v) is 33.7. The number of nitriles is 3. The largest absolute Gasteiger partial charge is 0.495 e. The molecule has 12 heterocycles. The van der Waals surface area contributed by atoms with Crippen molar-refractivity contribution in [3.8, 4) is 52.5 Å². The van der Waals surface area contributed by atoms with Gasteiger partial charge in [0, 0.05) is 45.5 Å². The summed E-state index contributed by atoms with van der Waals surface area (Å²) in [7, 11) is -1.39. The molecule has 2 aromatic carbocycles. The van der Waals surface area contributed by atoms with Gasteiger partial charge in [-0.15, -0.1) is 10.2 Å². The number of nitrogens with two attached hydrogens (primary N) is 2. The minimum absolute atomic E-state index is 0.0269. The lowest BCUT2D eigenvalue weighted by Gasteiger charge is -2.32. The van der Waals surface area contributed by atoms with Gasteiger partial charge in [0.25, 0.3) is 0 Å². The molecular weight excluding hydrogens is 1480 g/mol. The van der Waals surface area contributed by atoms with Crippen LogP contribution in [0.5, 0.6) is 0 Å². The Labute approximate surface area is 613 Å². The number of aromatic nitrogens is 13. The second-order valence-electron chi connectivity index (χ2n) is 27.1. The van der Waals surface area contributed by atoms with Crippen LogP contribution in [-0.4, -0.2) is 119 Å². The van der Waals surface area contributed by atoms with Crippen LogP contribution < -0.4 is 16.9 Å². The van der Waals surface area contributed by atoms with Crippen LogP contribution in [0.3, 0.4) is 0 Å². The molecule has 0 bridgehead atoms. The fourth-order valence-electron chi connectivity index (χ4n) is 10.5. The number of pyridine rings is 3. The summed E-state index contributed by atoms with van der Waals surface area (Å²) in [5.41, 5.74) is 15.9. The molecule has 35 heteroatoms. The Bertz CT molecular complexity index is 5020. The van der Waals surface area contributed by atoms with Gasteiger partial charge >= 0.3 is 21.1 Å². The number of oxazole rings is 2. The van der Waals surface area contributed by atoms with Crippen molar-refractivity contribution < 1.29 is 54.3 Å². The number of benzene rings is 2. The number of hydrogen-bond acceptors (Lipinski definition) is 24. The van der Waals surface area contributed by atoms with Crippen LogP contribution in [0.1, 0.15) is 140 Å². The Kier molecular flexibility index (Phi) is 22.2. The van der Waals surface area contributed by atoms with Crippen molar-refractivity contribution in [2.45, 2.75) is 150 Å². The second kappa shape index (κ2) is 30.1. The van der Waals surface area contributed by atoms with E-state index in [-0.39, 0.29) is 110 Å². The molecule has 14 rings (SSSR count). The highest BCUT2D eigenvalue weighted by Crippen LogP contribution is 2.44. The molecule has 26 nitrogen and oxygen atoms in total. The van der Waals surface area contributed by atoms with Crippen LogP contribution in [0.2, 0.25) is 0 Å². The van der Waals surface area contributed by atoms with E-state index in [2.05, 4.69) is 93.0 Å². The van der Waals surface area contributed by atoms with E-state index in [1.165, 1.54) is 70.3 Å². The van der Waals surface area contributed by atoms with Crippen LogP contribution in [0, 0.1) is 78.0 Å². The first-order chi connectivity index (χ1) is 48.8. The zero-order valence-electron chi connectivity index (χ0n) is 59.2. The van der Waals surface area contributed by atoms with Gasteiger partial charge in [-0.3, -0.25) is 0 Å². The number of aryl methyl sites for hydroxylation is 3. The Hall–Kier alpha value is -9.89. The molecule has 3 saturated heterocycles. The topological polar surface area (TPSA) is 356 Å². The molecular formula is C69H69B3Br2F4N18O8. The average molecular weight is 1550 g/mol. The summed E-state index contributed by atoms with van der Waals surface area (Å²) in [5, 5.41) is 35.3. The Balaban J connectivity index is 0.000000146. The van der Waals surface area contributed by atoms with Crippen molar-refractivity contribution in [2.75, 3.05) is 11.5 Å². The van der Waals surface area contributed by atoms with Crippen LogP contribution >= 0.6 is 31.9 Å². The Morgan fingerprint density at radius 2 is 0.865 bits per heavy atom. The first kappa shape index (κ1) is 76.7. The minimum atomic E-state index is -0.705. The van der Waals surface area contributed by atoms with E-state index in [0.29, 0.717) is 44.0 Å². The second-order valence-corrected chi connectivity index (χ2v) is 28.8. The van der Waals surface area contributed by atoms with Gasteiger partial charge in [-0.2, -0.15) is 24.8 Å². The van der Waals surface area contributed by atoms with Crippen LogP contribution in [-0.2, 0) is 40.8 Å². The lowest BCUT2D eigenvalue weighted by Crippen LogP contribution is -2.41. The number of nitrogens with zero attached hydrogens (tertiary/aromatic N) is 16. The van der Waals surface area contributed by atoms with Crippen molar-refractivity contribution in [1.29, 1.82) is 15.8 Å². The molecule has 4 N–H and O–H groups in total. The number of fused-ring (bicyclic) bond motifs is 2. The van der Waals surface area contributed by atoms with Crippen LogP contribution in [0.15, 0.2) is 115 Å². The maximum Gasteiger partial charge on any atom is 0.495 e. The van der Waals surface area contributed by atoms with E-state index in [0.717, 1.165) is 21.3 Å². The smallest absolute Gasteiger partial charge is 0.443 e. The maximum absolute atomic E-state index is 14.2. The van der Waals surface area contributed by atoms with Gasteiger partial charge in [0.2, 0.25) is 23.7 Å². The number of nitrogen functional groups attached to an aromatic ring is 2.